The zero-order chi connectivity index (χ0) is 21.2. The lowest BCUT2D eigenvalue weighted by Gasteiger charge is -2.24. The van der Waals surface area contributed by atoms with E-state index in [1.54, 1.807) is 25.1 Å². The molecule has 1 unspecified atom stereocenters. The zero-order valence-corrected chi connectivity index (χ0v) is 17.1. The predicted molar refractivity (Wildman–Crippen MR) is 110 cm³/mol. The van der Waals surface area contributed by atoms with E-state index in [1.165, 1.54) is 13.2 Å². The SMILES string of the molecule is COC(=O)C(C)CN(CC(=O)Nc1ccccc1SC(F)F)Cc1ccccc1. The van der Waals surface area contributed by atoms with Crippen LogP contribution >= 0.6 is 11.8 Å². The molecule has 156 valence electrons. The molecule has 0 saturated carbocycles. The maximum atomic E-state index is 12.7. The summed E-state index contributed by atoms with van der Waals surface area (Å²) in [5, 5.41) is 2.70. The summed E-state index contributed by atoms with van der Waals surface area (Å²) < 4.78 is 30.3. The third-order valence-electron chi connectivity index (χ3n) is 4.13. The number of alkyl halides is 2. The van der Waals surface area contributed by atoms with Crippen molar-refractivity contribution in [2.24, 2.45) is 5.92 Å². The molecule has 0 spiro atoms. The van der Waals surface area contributed by atoms with Gasteiger partial charge in [0.2, 0.25) is 5.91 Å². The summed E-state index contributed by atoms with van der Waals surface area (Å²) in [6, 6.07) is 16.0. The van der Waals surface area contributed by atoms with Gasteiger partial charge < -0.3 is 10.1 Å². The quantitative estimate of drug-likeness (QED) is 0.458. The molecule has 2 rings (SSSR count). The smallest absolute Gasteiger partial charge is 0.309 e. The molecule has 0 bridgehead atoms. The number of amides is 1. The Morgan fingerprint density at radius 1 is 1.10 bits per heavy atom. The van der Waals surface area contributed by atoms with Crippen LogP contribution in [0.5, 0.6) is 0 Å². The van der Waals surface area contributed by atoms with E-state index in [-0.39, 0.29) is 18.4 Å². The van der Waals surface area contributed by atoms with Gasteiger partial charge in [0.25, 0.3) is 5.76 Å². The number of ether oxygens (including phenoxy) is 1. The Morgan fingerprint density at radius 3 is 2.41 bits per heavy atom. The van der Waals surface area contributed by atoms with Crippen LogP contribution in [0.4, 0.5) is 14.5 Å². The first kappa shape index (κ1) is 22.8. The first-order chi connectivity index (χ1) is 13.9. The number of hydrogen-bond acceptors (Lipinski definition) is 5. The number of halogens is 2. The number of carbonyl (C=O) groups is 2. The lowest BCUT2D eigenvalue weighted by molar-refractivity contribution is -0.145. The van der Waals surface area contributed by atoms with Crippen LogP contribution in [0.15, 0.2) is 59.5 Å². The zero-order valence-electron chi connectivity index (χ0n) is 16.3. The molecule has 0 heterocycles. The van der Waals surface area contributed by atoms with Crippen molar-refractivity contribution in [2.75, 3.05) is 25.5 Å². The number of thioether (sulfide) groups is 1. The summed E-state index contributed by atoms with van der Waals surface area (Å²) in [6.45, 7) is 2.52. The van der Waals surface area contributed by atoms with Gasteiger partial charge in [0.1, 0.15) is 0 Å². The summed E-state index contributed by atoms with van der Waals surface area (Å²) in [5.41, 5.74) is 1.33. The average molecular weight is 422 g/mol. The normalized spacial score (nSPS) is 12.1. The number of hydrogen-bond donors (Lipinski definition) is 1. The summed E-state index contributed by atoms with van der Waals surface area (Å²) >= 11 is 0.383. The van der Waals surface area contributed by atoms with Crippen molar-refractivity contribution in [2.45, 2.75) is 24.1 Å². The van der Waals surface area contributed by atoms with Crippen LogP contribution in [0, 0.1) is 5.92 Å². The first-order valence-corrected chi connectivity index (χ1v) is 9.94. The standard InChI is InChI=1S/C21H24F2N2O3S/c1-15(20(27)28-2)12-25(13-16-8-4-3-5-9-16)14-19(26)24-17-10-6-7-11-18(17)29-21(22)23/h3-11,15,21H,12-14H2,1-2H3,(H,24,26). The Hall–Kier alpha value is -2.45. The van der Waals surface area contributed by atoms with Crippen molar-refractivity contribution in [3.8, 4) is 0 Å². The molecule has 0 aliphatic heterocycles. The van der Waals surface area contributed by atoms with Gasteiger partial charge in [0.05, 0.1) is 25.3 Å². The number of anilines is 1. The van der Waals surface area contributed by atoms with Crippen molar-refractivity contribution >= 4 is 29.3 Å². The number of benzene rings is 2. The molecule has 5 nitrogen and oxygen atoms in total. The molecule has 2 aromatic rings. The van der Waals surface area contributed by atoms with Gasteiger partial charge in [-0.15, -0.1) is 0 Å². The van der Waals surface area contributed by atoms with Crippen molar-refractivity contribution in [3.05, 3.63) is 60.2 Å². The van der Waals surface area contributed by atoms with Crippen LogP contribution in [0.3, 0.4) is 0 Å². The van der Waals surface area contributed by atoms with Crippen LogP contribution in [0.1, 0.15) is 12.5 Å². The number of rotatable bonds is 10. The number of esters is 1. The fraction of sp³-hybridized carbons (Fsp3) is 0.333. The number of nitrogens with one attached hydrogen (secondary N) is 1. The maximum absolute atomic E-state index is 12.7. The molecule has 2 aromatic carbocycles. The summed E-state index contributed by atoms with van der Waals surface area (Å²) in [7, 11) is 1.32. The summed E-state index contributed by atoms with van der Waals surface area (Å²) in [6.07, 6.45) is 0. The van der Waals surface area contributed by atoms with Crippen molar-refractivity contribution in [3.63, 3.8) is 0 Å². The topological polar surface area (TPSA) is 58.6 Å². The molecule has 29 heavy (non-hydrogen) atoms. The largest absolute Gasteiger partial charge is 0.469 e. The molecular weight excluding hydrogens is 398 g/mol. The van der Waals surface area contributed by atoms with Crippen molar-refractivity contribution in [1.29, 1.82) is 0 Å². The van der Waals surface area contributed by atoms with Gasteiger partial charge in [0.15, 0.2) is 0 Å². The molecule has 0 aliphatic rings. The van der Waals surface area contributed by atoms with Crippen LogP contribution in [0.25, 0.3) is 0 Å². The fourth-order valence-electron chi connectivity index (χ4n) is 2.85. The Morgan fingerprint density at radius 2 is 1.76 bits per heavy atom. The molecule has 8 heteroatoms. The predicted octanol–water partition coefficient (Wildman–Crippen LogP) is 4.25. The number of nitrogens with zero attached hydrogens (tertiary/aromatic N) is 1. The molecule has 0 saturated heterocycles. The molecule has 0 radical (unpaired) electrons. The van der Waals surface area contributed by atoms with E-state index in [0.717, 1.165) is 5.56 Å². The van der Waals surface area contributed by atoms with Crippen LogP contribution in [-0.4, -0.2) is 42.7 Å². The van der Waals surface area contributed by atoms with E-state index >= 15 is 0 Å². The van der Waals surface area contributed by atoms with Gasteiger partial charge >= 0.3 is 5.97 Å². The maximum Gasteiger partial charge on any atom is 0.309 e. The highest BCUT2D eigenvalue weighted by atomic mass is 32.2. The molecule has 1 amide bonds. The Balaban J connectivity index is 2.09. The second kappa shape index (κ2) is 11.5. The second-order valence-electron chi connectivity index (χ2n) is 6.50. The lowest BCUT2D eigenvalue weighted by Crippen LogP contribution is -2.37. The van der Waals surface area contributed by atoms with Gasteiger partial charge in [-0.2, -0.15) is 8.78 Å². The first-order valence-electron chi connectivity index (χ1n) is 9.06. The highest BCUT2D eigenvalue weighted by Crippen LogP contribution is 2.31. The molecule has 1 N–H and O–H groups in total. The van der Waals surface area contributed by atoms with E-state index in [1.807, 2.05) is 35.2 Å². The van der Waals surface area contributed by atoms with E-state index in [9.17, 15) is 18.4 Å². The van der Waals surface area contributed by atoms with Crippen LogP contribution in [0.2, 0.25) is 0 Å². The minimum atomic E-state index is -2.58. The van der Waals surface area contributed by atoms with E-state index < -0.39 is 11.7 Å². The van der Waals surface area contributed by atoms with E-state index in [4.69, 9.17) is 4.74 Å². The molecular formula is C21H24F2N2O3S. The number of para-hydroxylation sites is 1. The fourth-order valence-corrected chi connectivity index (χ4v) is 3.45. The van der Waals surface area contributed by atoms with Crippen molar-refractivity contribution in [1.82, 2.24) is 4.90 Å². The lowest BCUT2D eigenvalue weighted by atomic mass is 10.1. The third kappa shape index (κ3) is 7.83. The van der Waals surface area contributed by atoms with Gasteiger partial charge in [0, 0.05) is 18.0 Å². The minimum Gasteiger partial charge on any atom is -0.469 e. The second-order valence-corrected chi connectivity index (χ2v) is 7.53. The van der Waals surface area contributed by atoms with Gasteiger partial charge in [-0.05, 0) is 17.7 Å². The minimum absolute atomic E-state index is 0.00388. The highest BCUT2D eigenvalue weighted by molar-refractivity contribution is 7.99. The van der Waals surface area contributed by atoms with E-state index in [2.05, 4.69) is 5.32 Å². The highest BCUT2D eigenvalue weighted by Gasteiger charge is 2.20. The Labute approximate surface area is 173 Å². The van der Waals surface area contributed by atoms with Crippen LogP contribution < -0.4 is 5.32 Å². The average Bonchev–Trinajstić information content (AvgIpc) is 2.69. The molecule has 1 atom stereocenters. The number of methoxy groups -OCH3 is 1. The van der Waals surface area contributed by atoms with Gasteiger partial charge in [-0.3, -0.25) is 14.5 Å². The van der Waals surface area contributed by atoms with Crippen LogP contribution in [-0.2, 0) is 20.9 Å². The van der Waals surface area contributed by atoms with Gasteiger partial charge in [-0.1, -0.05) is 61.2 Å². The summed E-state index contributed by atoms with van der Waals surface area (Å²) in [4.78, 5) is 26.5. The third-order valence-corrected chi connectivity index (χ3v) is 4.92. The molecule has 0 aromatic heterocycles. The van der Waals surface area contributed by atoms with Gasteiger partial charge in [-0.25, -0.2) is 0 Å². The van der Waals surface area contributed by atoms with E-state index in [0.29, 0.717) is 35.4 Å². The molecule has 0 aliphatic carbocycles. The number of carbonyl (C=O) groups excluding carboxylic acids is 2. The Kier molecular flexibility index (Phi) is 9.08. The Bertz CT molecular complexity index is 806. The monoisotopic (exact) mass is 422 g/mol. The summed E-state index contributed by atoms with van der Waals surface area (Å²) in [5.74, 6) is -3.70. The molecule has 0 fully saturated rings. The van der Waals surface area contributed by atoms with Crippen molar-refractivity contribution < 1.29 is 23.1 Å².